The van der Waals surface area contributed by atoms with Crippen LogP contribution in [0.1, 0.15) is 56.9 Å². The minimum Gasteiger partial charge on any atom is -0.0890 e. The Balaban J connectivity index is 0.000000160. The number of hydrogen-bond donors (Lipinski definition) is 0. The third kappa shape index (κ3) is 7.30. The highest BCUT2D eigenvalue weighted by Gasteiger charge is 2.36. The summed E-state index contributed by atoms with van der Waals surface area (Å²) in [5.74, 6) is 0. The molecular weight excluding hydrogens is 553 g/mol. The molecule has 0 nitrogen and oxygen atoms in total. The van der Waals surface area contributed by atoms with Gasteiger partial charge in [-0.2, -0.15) is 0 Å². The summed E-state index contributed by atoms with van der Waals surface area (Å²) in [6, 6.07) is 52.3. The van der Waals surface area contributed by atoms with Gasteiger partial charge in [0.2, 0.25) is 0 Å². The molecule has 7 rings (SSSR count). The van der Waals surface area contributed by atoms with E-state index in [4.69, 9.17) is 0 Å². The van der Waals surface area contributed by atoms with E-state index in [-0.39, 0.29) is 5.41 Å². The molecule has 0 aliphatic heterocycles. The van der Waals surface area contributed by atoms with Gasteiger partial charge in [0.05, 0.1) is 0 Å². The van der Waals surface area contributed by atoms with Gasteiger partial charge in [-0.15, -0.1) is 0 Å². The molecule has 46 heavy (non-hydrogen) atoms. The number of aryl methyl sites for hydroxylation is 2. The van der Waals surface area contributed by atoms with E-state index in [1.165, 1.54) is 72.3 Å². The fraction of sp³-hybridized carbons (Fsp3) is 0.174. The van der Waals surface area contributed by atoms with E-state index in [2.05, 4.69) is 187 Å². The van der Waals surface area contributed by atoms with E-state index in [9.17, 15) is 0 Å². The van der Waals surface area contributed by atoms with Crippen LogP contribution in [-0.4, -0.2) is 0 Å². The minimum atomic E-state index is 0.0760. The first kappa shape index (κ1) is 32.5. The maximum atomic E-state index is 2.33. The molecule has 1 aliphatic carbocycles. The van der Waals surface area contributed by atoms with Crippen molar-refractivity contribution in [3.05, 3.63) is 179 Å². The van der Waals surface area contributed by atoms with Crippen LogP contribution in [0.4, 0.5) is 0 Å². The highest BCUT2D eigenvalue weighted by atomic mass is 14.4. The maximum absolute atomic E-state index is 2.33. The lowest BCUT2D eigenvalue weighted by molar-refractivity contribution is 0.660. The van der Waals surface area contributed by atoms with E-state index >= 15 is 0 Å². The molecule has 0 atom stereocenters. The molecule has 0 aromatic heterocycles. The van der Waals surface area contributed by atoms with Crippen molar-refractivity contribution in [3.8, 4) is 44.5 Å². The lowest BCUT2D eigenvalue weighted by Crippen LogP contribution is -2.14. The first-order valence-corrected chi connectivity index (χ1v) is 16.3. The van der Waals surface area contributed by atoms with Gasteiger partial charge in [0.25, 0.3) is 0 Å². The normalized spacial score (nSPS) is 12.0. The van der Waals surface area contributed by atoms with E-state index in [1.54, 1.807) is 0 Å². The summed E-state index contributed by atoms with van der Waals surface area (Å²) >= 11 is 0. The molecule has 0 bridgehead atoms. The van der Waals surface area contributed by atoms with Crippen molar-refractivity contribution in [3.63, 3.8) is 0 Å². The molecule has 0 heteroatoms. The molecule has 1 aliphatic rings. The fourth-order valence-electron chi connectivity index (χ4n) is 5.96. The van der Waals surface area contributed by atoms with Crippen molar-refractivity contribution in [1.29, 1.82) is 0 Å². The van der Waals surface area contributed by atoms with Gasteiger partial charge in [-0.1, -0.05) is 182 Å². The summed E-state index contributed by atoms with van der Waals surface area (Å²) in [5, 5.41) is 0. The van der Waals surface area contributed by atoms with E-state index in [0.717, 1.165) is 0 Å². The van der Waals surface area contributed by atoms with Crippen LogP contribution in [0.15, 0.2) is 157 Å². The molecule has 0 amide bonds. The summed E-state index contributed by atoms with van der Waals surface area (Å²) in [6.45, 7) is 15.1. The largest absolute Gasteiger partial charge is 0.0890 e. The van der Waals surface area contributed by atoms with Crippen molar-refractivity contribution in [2.75, 3.05) is 0 Å². The molecule has 230 valence electrons. The molecule has 0 heterocycles. The number of rotatable bonds is 3. The molecule has 0 saturated heterocycles. The van der Waals surface area contributed by atoms with Gasteiger partial charge in [-0.05, 0) is 90.3 Å². The third-order valence-electron chi connectivity index (χ3n) is 8.92. The summed E-state index contributed by atoms with van der Waals surface area (Å²) in [5.41, 5.74) is 17.4. The number of benzene rings is 6. The van der Waals surface area contributed by atoms with Crippen LogP contribution in [-0.2, 0) is 5.41 Å². The highest BCUT2D eigenvalue weighted by molar-refractivity contribution is 5.92. The number of allylic oxidation sites excluding steroid dienone is 2. The average molecular weight is 599 g/mol. The lowest BCUT2D eigenvalue weighted by atomic mass is 9.82. The van der Waals surface area contributed by atoms with Crippen molar-refractivity contribution < 1.29 is 0 Å². The minimum absolute atomic E-state index is 0.0760. The van der Waals surface area contributed by atoms with Gasteiger partial charge < -0.3 is 0 Å². The van der Waals surface area contributed by atoms with Crippen LogP contribution in [0.25, 0.3) is 44.5 Å². The van der Waals surface area contributed by atoms with Gasteiger partial charge >= 0.3 is 0 Å². The Morgan fingerprint density at radius 1 is 0.435 bits per heavy atom. The van der Waals surface area contributed by atoms with Crippen molar-refractivity contribution in [2.45, 2.75) is 53.9 Å². The second-order valence-electron chi connectivity index (χ2n) is 12.9. The van der Waals surface area contributed by atoms with E-state index in [1.807, 2.05) is 13.0 Å². The van der Waals surface area contributed by atoms with Gasteiger partial charge in [-0.3, -0.25) is 0 Å². The SMILES string of the molecule is CC=C(C)C.Cc1ccc(-c2ccc(-c3ccccc3)cc2)cc1.Cc1ccc(-c2cccc3c2-c2ccccc2C3(C)C)cc1. The van der Waals surface area contributed by atoms with Crippen molar-refractivity contribution >= 4 is 0 Å². The van der Waals surface area contributed by atoms with Gasteiger partial charge in [-0.25, -0.2) is 0 Å². The predicted octanol–water partition coefficient (Wildman–Crippen LogP) is 13.3. The maximum Gasteiger partial charge on any atom is 0.0159 e. The van der Waals surface area contributed by atoms with Crippen molar-refractivity contribution in [1.82, 2.24) is 0 Å². The Bertz CT molecular complexity index is 1900. The third-order valence-corrected chi connectivity index (χ3v) is 8.92. The van der Waals surface area contributed by atoms with Gasteiger partial charge in [0.15, 0.2) is 0 Å². The van der Waals surface area contributed by atoms with Crippen molar-refractivity contribution in [2.24, 2.45) is 0 Å². The standard InChI is InChI=1S/C22H20.C19H16.C5H10/c1-15-11-13-16(14-12-15)17-8-6-10-20-21(17)18-7-4-5-9-19(18)22(20,2)3;1-15-7-9-17(10-8-15)19-13-11-18(12-14-19)16-5-3-2-4-6-16;1-4-5(2)3/h4-14H,1-3H3;2-14H,1H3;4H,1-3H3. The number of fused-ring (bicyclic) bond motifs is 3. The summed E-state index contributed by atoms with van der Waals surface area (Å²) in [4.78, 5) is 0. The molecule has 0 unspecified atom stereocenters. The van der Waals surface area contributed by atoms with Crippen LogP contribution in [0.2, 0.25) is 0 Å². The molecule has 6 aromatic carbocycles. The Kier molecular flexibility index (Phi) is 10.2. The van der Waals surface area contributed by atoms with Crippen LogP contribution in [0.3, 0.4) is 0 Å². The second-order valence-corrected chi connectivity index (χ2v) is 12.9. The molecule has 6 aromatic rings. The topological polar surface area (TPSA) is 0 Å². The predicted molar refractivity (Wildman–Crippen MR) is 201 cm³/mol. The highest BCUT2D eigenvalue weighted by Crippen LogP contribution is 2.51. The summed E-state index contributed by atoms with van der Waals surface area (Å²) in [6.07, 6.45) is 2.08. The smallest absolute Gasteiger partial charge is 0.0159 e. The van der Waals surface area contributed by atoms with Crippen LogP contribution >= 0.6 is 0 Å². The zero-order valence-corrected chi connectivity index (χ0v) is 28.4. The summed E-state index contributed by atoms with van der Waals surface area (Å²) < 4.78 is 0. The molecule has 0 N–H and O–H groups in total. The summed E-state index contributed by atoms with van der Waals surface area (Å²) in [7, 11) is 0. The van der Waals surface area contributed by atoms with Crippen LogP contribution < -0.4 is 0 Å². The average Bonchev–Trinajstić information content (AvgIpc) is 3.33. The molecule has 0 spiro atoms. The first-order chi connectivity index (χ1) is 22.2. The Labute approximate surface area is 277 Å². The first-order valence-electron chi connectivity index (χ1n) is 16.3. The van der Waals surface area contributed by atoms with Crippen LogP contribution in [0, 0.1) is 13.8 Å². The molecular formula is C46H46. The number of hydrogen-bond acceptors (Lipinski definition) is 0. The van der Waals surface area contributed by atoms with Gasteiger partial charge in [0.1, 0.15) is 0 Å². The Morgan fingerprint density at radius 2 is 0.826 bits per heavy atom. The van der Waals surface area contributed by atoms with E-state index < -0.39 is 0 Å². The lowest BCUT2D eigenvalue weighted by Gasteiger charge is -2.21. The molecule has 0 saturated carbocycles. The Morgan fingerprint density at radius 3 is 1.35 bits per heavy atom. The van der Waals surface area contributed by atoms with Gasteiger partial charge in [0, 0.05) is 5.41 Å². The zero-order valence-electron chi connectivity index (χ0n) is 28.4. The molecule has 0 radical (unpaired) electrons. The monoisotopic (exact) mass is 598 g/mol. The fourth-order valence-corrected chi connectivity index (χ4v) is 5.96. The zero-order chi connectivity index (χ0) is 32.7. The molecule has 0 fully saturated rings. The van der Waals surface area contributed by atoms with E-state index in [0.29, 0.717) is 0 Å². The quantitative estimate of drug-likeness (QED) is 0.178. The Hall–Kier alpha value is -4.94. The van der Waals surface area contributed by atoms with Crippen LogP contribution in [0.5, 0.6) is 0 Å². The second kappa shape index (κ2) is 14.4.